The van der Waals surface area contributed by atoms with Crippen molar-refractivity contribution in [3.8, 4) is 0 Å². The fourth-order valence-corrected chi connectivity index (χ4v) is 1.90. The van der Waals surface area contributed by atoms with E-state index < -0.39 is 4.92 Å². The molecule has 0 saturated heterocycles. The van der Waals surface area contributed by atoms with Crippen LogP contribution in [0.5, 0.6) is 0 Å². The summed E-state index contributed by atoms with van der Waals surface area (Å²) in [5.41, 5.74) is 8.27. The Morgan fingerprint density at radius 2 is 2.00 bits per heavy atom. The molecular weight excluding hydrogens is 266 g/mol. The molecule has 0 radical (unpaired) electrons. The van der Waals surface area contributed by atoms with E-state index in [0.29, 0.717) is 22.1 Å². The molecule has 2 rings (SSSR count). The molecule has 0 amide bonds. The molecule has 19 heavy (non-hydrogen) atoms. The third kappa shape index (κ3) is 3.14. The number of aryl methyl sites for hydroxylation is 1. The maximum Gasteiger partial charge on any atom is 0.271 e. The molecule has 5 nitrogen and oxygen atoms in total. The lowest BCUT2D eigenvalue weighted by atomic mass is 10.2. The Bertz CT molecular complexity index is 644. The van der Waals surface area contributed by atoms with Crippen LogP contribution in [0, 0.1) is 17.0 Å². The number of nitrogens with zero attached hydrogens (tertiary/aromatic N) is 1. The van der Waals surface area contributed by atoms with Gasteiger partial charge in [-0.15, -0.1) is 0 Å². The number of hydrogen-bond donors (Lipinski definition) is 2. The van der Waals surface area contributed by atoms with Gasteiger partial charge in [0.2, 0.25) is 0 Å². The lowest BCUT2D eigenvalue weighted by molar-refractivity contribution is -0.384. The van der Waals surface area contributed by atoms with E-state index in [2.05, 4.69) is 5.32 Å². The first-order chi connectivity index (χ1) is 8.95. The van der Waals surface area contributed by atoms with Gasteiger partial charge >= 0.3 is 0 Å². The first-order valence-corrected chi connectivity index (χ1v) is 5.91. The number of nitro groups is 1. The molecule has 0 saturated carbocycles. The maximum atomic E-state index is 10.8. The molecule has 6 heteroatoms. The van der Waals surface area contributed by atoms with Gasteiger partial charge in [-0.3, -0.25) is 10.1 Å². The average molecular weight is 278 g/mol. The Morgan fingerprint density at radius 3 is 2.68 bits per heavy atom. The van der Waals surface area contributed by atoms with Crippen molar-refractivity contribution in [2.45, 2.75) is 6.92 Å². The maximum absolute atomic E-state index is 10.8. The number of nitrogen functional groups attached to an aromatic ring is 1. The fraction of sp³-hybridized carbons (Fsp3) is 0.0769. The van der Waals surface area contributed by atoms with Crippen LogP contribution in [0.25, 0.3) is 0 Å². The van der Waals surface area contributed by atoms with Gasteiger partial charge < -0.3 is 11.1 Å². The predicted octanol–water partition coefficient (Wildman–Crippen LogP) is 3.88. The first kappa shape index (κ1) is 13.2. The summed E-state index contributed by atoms with van der Waals surface area (Å²) in [4.78, 5) is 10.4. The summed E-state index contributed by atoms with van der Waals surface area (Å²) >= 11 is 6.04. The van der Waals surface area contributed by atoms with Crippen LogP contribution in [0.2, 0.25) is 5.02 Å². The molecule has 0 bridgehead atoms. The van der Waals surface area contributed by atoms with Gasteiger partial charge in [-0.1, -0.05) is 11.6 Å². The molecule has 0 spiro atoms. The minimum absolute atomic E-state index is 0.0301. The van der Waals surface area contributed by atoms with E-state index in [4.69, 9.17) is 17.3 Å². The van der Waals surface area contributed by atoms with Crippen LogP contribution in [0.4, 0.5) is 22.7 Å². The van der Waals surface area contributed by atoms with Crippen LogP contribution in [0.1, 0.15) is 5.56 Å². The smallest absolute Gasteiger partial charge is 0.271 e. The van der Waals surface area contributed by atoms with Gasteiger partial charge in [-0.25, -0.2) is 0 Å². The van der Waals surface area contributed by atoms with E-state index in [0.717, 1.165) is 5.56 Å². The van der Waals surface area contributed by atoms with E-state index >= 15 is 0 Å². The normalized spacial score (nSPS) is 10.2. The number of nitro benzene ring substituents is 1. The second-order valence-electron chi connectivity index (χ2n) is 4.18. The largest absolute Gasteiger partial charge is 0.399 e. The van der Waals surface area contributed by atoms with Crippen molar-refractivity contribution in [2.75, 3.05) is 11.1 Å². The van der Waals surface area contributed by atoms with Crippen LogP contribution >= 0.6 is 11.6 Å². The monoisotopic (exact) mass is 277 g/mol. The van der Waals surface area contributed by atoms with Crippen molar-refractivity contribution >= 4 is 34.4 Å². The Balaban J connectivity index is 2.38. The van der Waals surface area contributed by atoms with Crippen molar-refractivity contribution in [3.63, 3.8) is 0 Å². The van der Waals surface area contributed by atoms with E-state index in [-0.39, 0.29) is 5.69 Å². The summed E-state index contributed by atoms with van der Waals surface area (Å²) in [6.45, 7) is 1.79. The highest BCUT2D eigenvalue weighted by molar-refractivity contribution is 6.33. The number of nitrogens with two attached hydrogens (primary N) is 1. The second-order valence-corrected chi connectivity index (χ2v) is 4.59. The summed E-state index contributed by atoms with van der Waals surface area (Å²) in [5.74, 6) is 0. The Hall–Kier alpha value is -2.27. The molecule has 0 aliphatic carbocycles. The number of halogens is 1. The van der Waals surface area contributed by atoms with E-state index in [9.17, 15) is 10.1 Å². The van der Waals surface area contributed by atoms with Crippen LogP contribution in [-0.2, 0) is 0 Å². The summed E-state index contributed by atoms with van der Waals surface area (Å²) in [6, 6.07) is 9.79. The number of non-ortho nitro benzene ring substituents is 1. The van der Waals surface area contributed by atoms with Gasteiger partial charge in [0.25, 0.3) is 5.69 Å². The van der Waals surface area contributed by atoms with Crippen LogP contribution in [0.3, 0.4) is 0 Å². The molecule has 0 atom stereocenters. The molecular formula is C13H12ClN3O2. The van der Waals surface area contributed by atoms with Crippen molar-refractivity contribution in [3.05, 3.63) is 57.1 Å². The average Bonchev–Trinajstić information content (AvgIpc) is 2.33. The minimum atomic E-state index is -0.431. The van der Waals surface area contributed by atoms with E-state index in [1.807, 2.05) is 0 Å². The van der Waals surface area contributed by atoms with Crippen LogP contribution in [0.15, 0.2) is 36.4 Å². The van der Waals surface area contributed by atoms with Crippen molar-refractivity contribution in [2.24, 2.45) is 0 Å². The molecule has 0 aromatic heterocycles. The zero-order valence-corrected chi connectivity index (χ0v) is 10.9. The first-order valence-electron chi connectivity index (χ1n) is 5.54. The van der Waals surface area contributed by atoms with Crippen molar-refractivity contribution in [1.82, 2.24) is 0 Å². The van der Waals surface area contributed by atoms with Gasteiger partial charge in [0.1, 0.15) is 0 Å². The van der Waals surface area contributed by atoms with Gasteiger partial charge in [0.05, 0.1) is 15.6 Å². The summed E-state index contributed by atoms with van der Waals surface area (Å²) < 4.78 is 0. The third-order valence-corrected chi connectivity index (χ3v) is 2.87. The number of nitrogens with one attached hydrogen (secondary N) is 1. The van der Waals surface area contributed by atoms with Crippen molar-refractivity contribution < 1.29 is 4.92 Å². The molecule has 0 unspecified atom stereocenters. The Morgan fingerprint density at radius 1 is 1.26 bits per heavy atom. The standard InChI is InChI=1S/C13H12ClN3O2/c1-8-4-10(7-11(5-8)17(18)19)16-13-6-9(15)2-3-12(13)14/h2-7,16H,15H2,1H3. The quantitative estimate of drug-likeness (QED) is 0.507. The highest BCUT2D eigenvalue weighted by Crippen LogP contribution is 2.29. The highest BCUT2D eigenvalue weighted by atomic mass is 35.5. The van der Waals surface area contributed by atoms with E-state index in [1.54, 1.807) is 31.2 Å². The zero-order valence-electron chi connectivity index (χ0n) is 10.2. The number of benzene rings is 2. The second kappa shape index (κ2) is 5.16. The molecule has 2 aromatic carbocycles. The lowest BCUT2D eigenvalue weighted by Gasteiger charge is -2.10. The highest BCUT2D eigenvalue weighted by Gasteiger charge is 2.09. The molecule has 0 aliphatic heterocycles. The SMILES string of the molecule is Cc1cc(Nc2cc(N)ccc2Cl)cc([N+](=O)[O-])c1. The number of rotatable bonds is 3. The van der Waals surface area contributed by atoms with Gasteiger partial charge in [-0.2, -0.15) is 0 Å². The molecule has 0 aliphatic rings. The fourth-order valence-electron chi connectivity index (χ4n) is 1.73. The Kier molecular flexibility index (Phi) is 3.57. The lowest BCUT2D eigenvalue weighted by Crippen LogP contribution is -1.96. The zero-order chi connectivity index (χ0) is 14.0. The molecule has 3 N–H and O–H groups in total. The molecule has 2 aromatic rings. The number of anilines is 3. The Labute approximate surface area is 115 Å². The van der Waals surface area contributed by atoms with Crippen molar-refractivity contribution in [1.29, 1.82) is 0 Å². The minimum Gasteiger partial charge on any atom is -0.399 e. The predicted molar refractivity (Wildman–Crippen MR) is 77.0 cm³/mol. The van der Waals surface area contributed by atoms with E-state index in [1.165, 1.54) is 12.1 Å². The van der Waals surface area contributed by atoms with Crippen LogP contribution < -0.4 is 11.1 Å². The summed E-state index contributed by atoms with van der Waals surface area (Å²) in [7, 11) is 0. The summed E-state index contributed by atoms with van der Waals surface area (Å²) in [6.07, 6.45) is 0. The molecule has 98 valence electrons. The topological polar surface area (TPSA) is 81.2 Å². The third-order valence-electron chi connectivity index (χ3n) is 2.54. The van der Waals surface area contributed by atoms with Gasteiger partial charge in [0.15, 0.2) is 0 Å². The number of hydrogen-bond acceptors (Lipinski definition) is 4. The van der Waals surface area contributed by atoms with Gasteiger partial charge in [-0.05, 0) is 36.8 Å². The molecule has 0 heterocycles. The van der Waals surface area contributed by atoms with Crippen LogP contribution in [-0.4, -0.2) is 4.92 Å². The van der Waals surface area contributed by atoms with Gasteiger partial charge in [0, 0.05) is 23.5 Å². The summed E-state index contributed by atoms with van der Waals surface area (Å²) in [5, 5.41) is 14.3. The molecule has 0 fully saturated rings.